The first kappa shape index (κ1) is 38.1. The van der Waals surface area contributed by atoms with Crippen molar-refractivity contribution in [3.05, 3.63) is 91.6 Å². The van der Waals surface area contributed by atoms with Gasteiger partial charge in [0.2, 0.25) is 5.91 Å². The number of pyridine rings is 1. The molecule has 5 rings (SSSR count). The van der Waals surface area contributed by atoms with Crippen molar-refractivity contribution in [1.29, 1.82) is 0 Å². The summed E-state index contributed by atoms with van der Waals surface area (Å²) in [4.78, 5) is 41.4. The van der Waals surface area contributed by atoms with Gasteiger partial charge in [0.15, 0.2) is 11.6 Å². The fraction of sp³-hybridized carbons (Fsp3) is 0.500. The highest BCUT2D eigenvalue weighted by Gasteiger charge is 2.37. The maximum atomic E-state index is 16.4. The van der Waals surface area contributed by atoms with E-state index in [0.717, 1.165) is 16.8 Å². The number of carbonyl (C=O) groups excluding carboxylic acids is 1. The van der Waals surface area contributed by atoms with Gasteiger partial charge in [-0.05, 0) is 117 Å². The normalized spacial score (nSPS) is 19.1. The van der Waals surface area contributed by atoms with Crippen LogP contribution in [0.2, 0.25) is 0 Å². The zero-order chi connectivity index (χ0) is 37.2. The Morgan fingerprint density at radius 3 is 2.25 bits per heavy atom. The summed E-state index contributed by atoms with van der Waals surface area (Å²) in [6, 6.07) is 1.72. The van der Waals surface area contributed by atoms with Crippen LogP contribution in [0.1, 0.15) is 109 Å². The molecular formula is C38H43F6N3O4. The number of fused-ring (bicyclic) bond motifs is 4. The second-order valence-electron chi connectivity index (χ2n) is 14.1. The number of nitrogens with zero attached hydrogens (tertiary/aromatic N) is 2. The van der Waals surface area contributed by atoms with E-state index in [9.17, 15) is 37.1 Å². The van der Waals surface area contributed by atoms with E-state index in [-0.39, 0.29) is 54.0 Å². The minimum atomic E-state index is -4.82. The summed E-state index contributed by atoms with van der Waals surface area (Å²) in [5.74, 6) is -5.15. The number of amides is 1. The lowest BCUT2D eigenvalue weighted by atomic mass is 9.87. The van der Waals surface area contributed by atoms with Gasteiger partial charge in [-0.3, -0.25) is 14.4 Å². The molecule has 1 aromatic heterocycles. The van der Waals surface area contributed by atoms with E-state index in [2.05, 4.69) is 5.32 Å². The molecule has 2 aromatic carbocycles. The molecule has 51 heavy (non-hydrogen) atoms. The zero-order valence-corrected chi connectivity index (χ0v) is 28.9. The monoisotopic (exact) mass is 719 g/mol. The highest BCUT2D eigenvalue weighted by Crippen LogP contribution is 2.45. The molecule has 0 radical (unpaired) electrons. The third kappa shape index (κ3) is 8.85. The molecule has 2 atom stereocenters. The number of carboxylic acid groups (broad SMARTS) is 1. The predicted octanol–water partition coefficient (Wildman–Crippen LogP) is 8.01. The van der Waals surface area contributed by atoms with Crippen molar-refractivity contribution >= 4 is 11.9 Å². The van der Waals surface area contributed by atoms with Gasteiger partial charge in [-0.25, -0.2) is 13.2 Å². The fourth-order valence-corrected chi connectivity index (χ4v) is 7.10. The number of alkyl halides is 3. The van der Waals surface area contributed by atoms with Gasteiger partial charge in [0.1, 0.15) is 11.9 Å². The Hall–Kier alpha value is -4.13. The van der Waals surface area contributed by atoms with E-state index < -0.39 is 65.1 Å². The number of carbonyl (C=O) groups is 2. The number of carboxylic acids is 1. The number of rotatable bonds is 7. The Bertz CT molecular complexity index is 1850. The Kier molecular flexibility index (Phi) is 11.7. The third-order valence-corrected chi connectivity index (χ3v) is 9.86. The molecule has 2 bridgehead atoms. The highest BCUT2D eigenvalue weighted by atomic mass is 19.4. The summed E-state index contributed by atoms with van der Waals surface area (Å²) in [6.45, 7) is 1.85. The van der Waals surface area contributed by atoms with Crippen LogP contribution in [0.3, 0.4) is 0 Å². The number of hydrogen-bond donors (Lipinski definition) is 2. The molecular weight excluding hydrogens is 676 g/mol. The summed E-state index contributed by atoms with van der Waals surface area (Å²) >= 11 is 0. The smallest absolute Gasteiger partial charge is 0.416 e. The third-order valence-electron chi connectivity index (χ3n) is 9.86. The summed E-state index contributed by atoms with van der Waals surface area (Å²) in [7, 11) is 3.39. The largest absolute Gasteiger partial charge is 0.481 e. The molecule has 13 heteroatoms. The van der Waals surface area contributed by atoms with Crippen molar-refractivity contribution in [2.45, 2.75) is 102 Å². The average Bonchev–Trinajstić information content (AvgIpc) is 3.88. The van der Waals surface area contributed by atoms with Crippen LogP contribution in [0.15, 0.2) is 35.3 Å². The van der Waals surface area contributed by atoms with Gasteiger partial charge in [-0.1, -0.05) is 25.7 Å². The zero-order valence-electron chi connectivity index (χ0n) is 28.9. The van der Waals surface area contributed by atoms with E-state index in [0.29, 0.717) is 67.7 Å². The topological polar surface area (TPSA) is 91.6 Å². The second kappa shape index (κ2) is 15.6. The Morgan fingerprint density at radius 2 is 1.61 bits per heavy atom. The van der Waals surface area contributed by atoms with Crippen LogP contribution >= 0.6 is 0 Å². The van der Waals surface area contributed by atoms with Gasteiger partial charge in [0.05, 0.1) is 18.0 Å². The second-order valence-corrected chi connectivity index (χ2v) is 14.1. The quantitative estimate of drug-likeness (QED) is 0.242. The summed E-state index contributed by atoms with van der Waals surface area (Å²) in [5.41, 5.74) is -0.932. The molecule has 0 saturated heterocycles. The summed E-state index contributed by atoms with van der Waals surface area (Å²) in [6.07, 6.45) is -0.343. The molecule has 2 heterocycles. The molecule has 1 amide bonds. The van der Waals surface area contributed by atoms with Gasteiger partial charge in [0.25, 0.3) is 5.56 Å². The number of benzene rings is 2. The molecule has 2 N–H and O–H groups in total. The summed E-state index contributed by atoms with van der Waals surface area (Å²) < 4.78 is 89.6. The lowest BCUT2D eigenvalue weighted by Gasteiger charge is -2.27. The number of nitrogens with one attached hydrogen (secondary N) is 1. The van der Waals surface area contributed by atoms with Crippen molar-refractivity contribution in [2.75, 3.05) is 20.6 Å². The average molecular weight is 720 g/mol. The Morgan fingerprint density at radius 1 is 0.941 bits per heavy atom. The van der Waals surface area contributed by atoms with Gasteiger partial charge < -0.3 is 19.9 Å². The molecule has 2 aliphatic rings. The van der Waals surface area contributed by atoms with Gasteiger partial charge >= 0.3 is 12.1 Å². The lowest BCUT2D eigenvalue weighted by Crippen LogP contribution is -2.40. The number of hydrogen-bond acceptors (Lipinski definition) is 4. The molecule has 0 spiro atoms. The van der Waals surface area contributed by atoms with E-state index in [1.54, 1.807) is 32.0 Å². The van der Waals surface area contributed by atoms with E-state index in [1.165, 1.54) is 6.07 Å². The first-order valence-electron chi connectivity index (χ1n) is 17.4. The van der Waals surface area contributed by atoms with E-state index >= 15 is 8.78 Å². The number of aromatic nitrogens is 1. The first-order valence-corrected chi connectivity index (χ1v) is 17.4. The van der Waals surface area contributed by atoms with Crippen molar-refractivity contribution in [1.82, 2.24) is 14.8 Å². The first-order chi connectivity index (χ1) is 24.1. The standard InChI is InChI=1S/C38H43F6N3O4/c1-21-15-29(39)36(41)25-9-7-5-4-6-8-10-31(47-20-23(13-14-46(2)3)28(18-32(47)48)38(42,43)44)37(51)45-30(19-33(49)50)27-17-24(34(21)25)16-26(35(27)40)22-11-12-22/h15-18,20,22,30-31H,4-14,19H2,1-3H3,(H,45,51)(H,49,50)/t30-,31-/m0/s1. The van der Waals surface area contributed by atoms with Crippen molar-refractivity contribution in [3.63, 3.8) is 0 Å². The predicted molar refractivity (Wildman–Crippen MR) is 180 cm³/mol. The van der Waals surface area contributed by atoms with Crippen LogP contribution in [0.5, 0.6) is 0 Å². The number of aryl methyl sites for hydroxylation is 1. The fourth-order valence-electron chi connectivity index (χ4n) is 7.10. The molecule has 3 aromatic rings. The molecule has 0 unspecified atom stereocenters. The Labute approximate surface area is 292 Å². The minimum absolute atomic E-state index is 0.0295. The van der Waals surface area contributed by atoms with Crippen LogP contribution in [0.4, 0.5) is 26.3 Å². The van der Waals surface area contributed by atoms with Gasteiger partial charge in [-0.15, -0.1) is 0 Å². The molecule has 1 aliphatic heterocycles. The van der Waals surface area contributed by atoms with Crippen LogP contribution in [0, 0.1) is 24.4 Å². The maximum Gasteiger partial charge on any atom is 0.416 e. The molecule has 1 saturated carbocycles. The van der Waals surface area contributed by atoms with E-state index in [1.807, 2.05) is 0 Å². The lowest BCUT2D eigenvalue weighted by molar-refractivity contribution is -0.139. The summed E-state index contributed by atoms with van der Waals surface area (Å²) in [5, 5.41) is 12.5. The molecule has 7 nitrogen and oxygen atoms in total. The van der Waals surface area contributed by atoms with Gasteiger partial charge in [0, 0.05) is 24.4 Å². The van der Waals surface area contributed by atoms with Crippen molar-refractivity contribution in [3.8, 4) is 11.1 Å². The Balaban J connectivity index is 1.67. The van der Waals surface area contributed by atoms with Crippen molar-refractivity contribution < 1.29 is 41.0 Å². The molecule has 276 valence electrons. The van der Waals surface area contributed by atoms with Gasteiger partial charge in [-0.2, -0.15) is 13.2 Å². The number of halogens is 6. The molecule has 1 fully saturated rings. The van der Waals surface area contributed by atoms with Crippen LogP contribution in [-0.2, 0) is 28.6 Å². The van der Waals surface area contributed by atoms with E-state index in [4.69, 9.17) is 0 Å². The van der Waals surface area contributed by atoms with Crippen LogP contribution in [0.25, 0.3) is 11.1 Å². The molecule has 1 aliphatic carbocycles. The van der Waals surface area contributed by atoms with Crippen LogP contribution in [-0.4, -0.2) is 47.1 Å². The highest BCUT2D eigenvalue weighted by molar-refractivity contribution is 5.82. The maximum absolute atomic E-state index is 16.4. The number of aliphatic carboxylic acids is 1. The van der Waals surface area contributed by atoms with Crippen molar-refractivity contribution in [2.24, 2.45) is 0 Å². The SMILES string of the molecule is Cc1cc(F)c(F)c2c1-c1cc(C3CC3)c(F)c(c1)[C@H](CC(=O)O)NC(=O)[C@@H](n1cc(CCN(C)C)c(C(F)(F)F)cc1=O)CCCCCCC2. The van der Waals surface area contributed by atoms with Crippen LogP contribution < -0.4 is 10.9 Å². The minimum Gasteiger partial charge on any atom is -0.481 e. The number of likely N-dealkylation sites (N-methyl/N-ethyl adjacent to an activating group) is 1.